The molecule has 0 radical (unpaired) electrons. The molecule has 0 bridgehead atoms. The van der Waals surface area contributed by atoms with Gasteiger partial charge in [-0.3, -0.25) is 9.10 Å². The third-order valence-electron chi connectivity index (χ3n) is 5.18. The zero-order valence-corrected chi connectivity index (χ0v) is 17.9. The Morgan fingerprint density at radius 3 is 2.55 bits per heavy atom. The van der Waals surface area contributed by atoms with Crippen molar-refractivity contribution in [2.45, 2.75) is 45.2 Å². The van der Waals surface area contributed by atoms with Crippen molar-refractivity contribution >= 4 is 21.6 Å². The highest BCUT2D eigenvalue weighted by atomic mass is 32.2. The van der Waals surface area contributed by atoms with Gasteiger partial charge in [-0.2, -0.15) is 0 Å². The minimum Gasteiger partial charge on any atom is -0.494 e. The molecule has 0 spiro atoms. The minimum atomic E-state index is -3.66. The van der Waals surface area contributed by atoms with Gasteiger partial charge < -0.3 is 10.1 Å². The Morgan fingerprint density at radius 1 is 1.21 bits per heavy atom. The molecule has 0 fully saturated rings. The van der Waals surface area contributed by atoms with Gasteiger partial charge in [-0.25, -0.2) is 8.42 Å². The van der Waals surface area contributed by atoms with Crippen LogP contribution in [0.3, 0.4) is 0 Å². The van der Waals surface area contributed by atoms with Crippen molar-refractivity contribution in [2.75, 3.05) is 17.2 Å². The number of rotatable bonds is 7. The average Bonchev–Trinajstić information content (AvgIpc) is 2.69. The molecule has 0 heterocycles. The minimum absolute atomic E-state index is 0.100. The van der Waals surface area contributed by atoms with Crippen molar-refractivity contribution in [3.63, 3.8) is 0 Å². The molecule has 7 heteroatoms. The number of carbonyl (C=O) groups is 1. The van der Waals surface area contributed by atoms with Crippen LogP contribution in [-0.4, -0.2) is 33.2 Å². The van der Waals surface area contributed by atoms with Gasteiger partial charge >= 0.3 is 0 Å². The molecular formula is C22H28N2O4S. The lowest BCUT2D eigenvalue weighted by Crippen LogP contribution is -2.49. The Morgan fingerprint density at radius 2 is 1.90 bits per heavy atom. The van der Waals surface area contributed by atoms with Crippen molar-refractivity contribution in [1.82, 2.24) is 5.32 Å². The Balaban J connectivity index is 1.81. The van der Waals surface area contributed by atoms with Crippen molar-refractivity contribution in [1.29, 1.82) is 0 Å². The summed E-state index contributed by atoms with van der Waals surface area (Å²) in [5.74, 6) is 0.339. The lowest BCUT2D eigenvalue weighted by atomic mass is 9.87. The first-order chi connectivity index (χ1) is 13.8. The SMILES string of the molecule is CCOc1ccc(N([C@@H](C)C(=O)N[C@@H]2CCCc3ccccc32)S(C)(=O)=O)cc1. The summed E-state index contributed by atoms with van der Waals surface area (Å²) in [7, 11) is -3.66. The lowest BCUT2D eigenvalue weighted by Gasteiger charge is -2.31. The van der Waals surface area contributed by atoms with Gasteiger partial charge in [0.1, 0.15) is 11.8 Å². The molecule has 29 heavy (non-hydrogen) atoms. The Labute approximate surface area is 172 Å². The van der Waals surface area contributed by atoms with E-state index in [-0.39, 0.29) is 11.9 Å². The van der Waals surface area contributed by atoms with Crippen molar-refractivity contribution in [3.05, 3.63) is 59.7 Å². The predicted molar refractivity (Wildman–Crippen MR) is 115 cm³/mol. The molecule has 1 amide bonds. The van der Waals surface area contributed by atoms with Crippen LogP contribution in [0.15, 0.2) is 48.5 Å². The molecular weight excluding hydrogens is 388 g/mol. The van der Waals surface area contributed by atoms with Crippen molar-refractivity contribution in [3.8, 4) is 5.75 Å². The van der Waals surface area contributed by atoms with Gasteiger partial charge in [-0.05, 0) is 68.5 Å². The highest BCUT2D eigenvalue weighted by Gasteiger charge is 2.31. The van der Waals surface area contributed by atoms with Gasteiger partial charge in [0, 0.05) is 0 Å². The first-order valence-corrected chi connectivity index (χ1v) is 11.8. The Hall–Kier alpha value is -2.54. The van der Waals surface area contributed by atoms with E-state index < -0.39 is 16.1 Å². The van der Waals surface area contributed by atoms with E-state index in [2.05, 4.69) is 11.4 Å². The number of carbonyl (C=O) groups excluding carboxylic acids is 1. The second-order valence-electron chi connectivity index (χ2n) is 7.31. The van der Waals surface area contributed by atoms with Gasteiger partial charge in [0.05, 0.1) is 24.6 Å². The van der Waals surface area contributed by atoms with Crippen LogP contribution in [0.4, 0.5) is 5.69 Å². The van der Waals surface area contributed by atoms with Gasteiger partial charge in [-0.1, -0.05) is 24.3 Å². The summed E-state index contributed by atoms with van der Waals surface area (Å²) in [4.78, 5) is 13.0. The smallest absolute Gasteiger partial charge is 0.244 e. The Kier molecular flexibility index (Phi) is 6.47. The van der Waals surface area contributed by atoms with Crippen LogP contribution < -0.4 is 14.4 Å². The highest BCUT2D eigenvalue weighted by molar-refractivity contribution is 7.92. The molecule has 0 saturated carbocycles. The van der Waals surface area contributed by atoms with Crippen LogP contribution in [0.1, 0.15) is 43.9 Å². The largest absolute Gasteiger partial charge is 0.494 e. The summed E-state index contributed by atoms with van der Waals surface area (Å²) >= 11 is 0. The number of benzene rings is 2. The Bertz CT molecular complexity index is 957. The second kappa shape index (κ2) is 8.86. The normalized spacial score (nSPS) is 17.1. The molecule has 2 aromatic carbocycles. The molecule has 156 valence electrons. The maximum absolute atomic E-state index is 13.0. The van der Waals surface area contributed by atoms with Crippen LogP contribution in [-0.2, 0) is 21.2 Å². The first kappa shape index (κ1) is 21.2. The van der Waals surface area contributed by atoms with Crippen molar-refractivity contribution in [2.24, 2.45) is 0 Å². The van der Waals surface area contributed by atoms with Gasteiger partial charge in [0.25, 0.3) is 0 Å². The molecule has 0 unspecified atom stereocenters. The fourth-order valence-electron chi connectivity index (χ4n) is 3.86. The van der Waals surface area contributed by atoms with Crippen LogP contribution in [0, 0.1) is 0 Å². The van der Waals surface area contributed by atoms with Crippen LogP contribution in [0.5, 0.6) is 5.75 Å². The number of fused-ring (bicyclic) bond motifs is 1. The number of nitrogens with zero attached hydrogens (tertiary/aromatic N) is 1. The average molecular weight is 417 g/mol. The fraction of sp³-hybridized carbons (Fsp3) is 0.409. The number of ether oxygens (including phenoxy) is 1. The molecule has 1 aliphatic rings. The third-order valence-corrected chi connectivity index (χ3v) is 6.42. The van der Waals surface area contributed by atoms with E-state index in [0.717, 1.165) is 35.4 Å². The molecule has 3 rings (SSSR count). The maximum Gasteiger partial charge on any atom is 0.244 e. The van der Waals surface area contributed by atoms with Gasteiger partial charge in [0.2, 0.25) is 15.9 Å². The van der Waals surface area contributed by atoms with Crippen LogP contribution >= 0.6 is 0 Å². The number of anilines is 1. The predicted octanol–water partition coefficient (Wildman–Crippen LogP) is 3.43. The van der Waals surface area contributed by atoms with E-state index in [9.17, 15) is 13.2 Å². The zero-order chi connectivity index (χ0) is 21.0. The summed E-state index contributed by atoms with van der Waals surface area (Å²) < 4.78 is 31.6. The van der Waals surface area contributed by atoms with E-state index in [1.54, 1.807) is 31.2 Å². The summed E-state index contributed by atoms with van der Waals surface area (Å²) in [6.45, 7) is 4.02. The summed E-state index contributed by atoms with van der Waals surface area (Å²) in [6, 6.07) is 13.8. The molecule has 0 saturated heterocycles. The molecule has 6 nitrogen and oxygen atoms in total. The molecule has 0 aliphatic heterocycles. The van der Waals surface area contributed by atoms with E-state index in [0.29, 0.717) is 18.0 Å². The van der Waals surface area contributed by atoms with Crippen LogP contribution in [0.25, 0.3) is 0 Å². The number of sulfonamides is 1. The lowest BCUT2D eigenvalue weighted by molar-refractivity contribution is -0.122. The molecule has 1 N–H and O–H groups in total. The molecule has 2 atom stereocenters. The standard InChI is InChI=1S/C22H28N2O4S/c1-4-28-19-14-12-18(13-15-19)24(29(3,26)27)16(2)22(25)23-21-11-7-9-17-8-5-6-10-20(17)21/h5-6,8,10,12-16,21H,4,7,9,11H2,1-3H3,(H,23,25)/t16-,21+/m0/s1. The monoisotopic (exact) mass is 416 g/mol. The van der Waals surface area contributed by atoms with Gasteiger partial charge in [-0.15, -0.1) is 0 Å². The highest BCUT2D eigenvalue weighted by Crippen LogP contribution is 2.30. The zero-order valence-electron chi connectivity index (χ0n) is 17.1. The number of amides is 1. The number of hydrogen-bond donors (Lipinski definition) is 1. The third kappa shape index (κ3) is 4.90. The fourth-order valence-corrected chi connectivity index (χ4v) is 5.04. The summed E-state index contributed by atoms with van der Waals surface area (Å²) in [6.07, 6.45) is 3.95. The quantitative estimate of drug-likeness (QED) is 0.750. The van der Waals surface area contributed by atoms with Gasteiger partial charge in [0.15, 0.2) is 0 Å². The van der Waals surface area contributed by atoms with E-state index >= 15 is 0 Å². The van der Waals surface area contributed by atoms with E-state index in [1.165, 1.54) is 5.56 Å². The number of aryl methyl sites for hydroxylation is 1. The summed E-state index contributed by atoms with van der Waals surface area (Å²) in [5.41, 5.74) is 2.79. The molecule has 2 aromatic rings. The number of nitrogens with one attached hydrogen (secondary N) is 1. The topological polar surface area (TPSA) is 75.7 Å². The first-order valence-electron chi connectivity index (χ1n) is 9.91. The van der Waals surface area contributed by atoms with E-state index in [1.807, 2.05) is 25.1 Å². The van der Waals surface area contributed by atoms with E-state index in [4.69, 9.17) is 4.74 Å². The van der Waals surface area contributed by atoms with Crippen molar-refractivity contribution < 1.29 is 17.9 Å². The molecule has 1 aliphatic carbocycles. The molecule has 0 aromatic heterocycles. The maximum atomic E-state index is 13.0. The summed E-state index contributed by atoms with van der Waals surface area (Å²) in [5, 5.41) is 3.06. The van der Waals surface area contributed by atoms with Crippen LogP contribution in [0.2, 0.25) is 0 Å². The second-order valence-corrected chi connectivity index (χ2v) is 9.17. The number of hydrogen-bond acceptors (Lipinski definition) is 4.